The lowest BCUT2D eigenvalue weighted by Crippen LogP contribution is -2.13. The number of nitrogens with zero attached hydrogens (tertiary/aromatic N) is 1. The summed E-state index contributed by atoms with van der Waals surface area (Å²) in [5.41, 5.74) is 0.789. The van der Waals surface area contributed by atoms with Gasteiger partial charge in [0.15, 0.2) is 0 Å². The van der Waals surface area contributed by atoms with E-state index in [1.54, 1.807) is 6.07 Å². The predicted octanol–water partition coefficient (Wildman–Crippen LogP) is 3.79. The highest BCUT2D eigenvalue weighted by atomic mass is 35.5. The number of rotatable bonds is 6. The van der Waals surface area contributed by atoms with Crippen LogP contribution in [0.25, 0.3) is 0 Å². The van der Waals surface area contributed by atoms with Crippen LogP contribution in [0.3, 0.4) is 0 Å². The van der Waals surface area contributed by atoms with Crippen LogP contribution in [0.15, 0.2) is 42.5 Å². The maximum atomic E-state index is 11.9. The van der Waals surface area contributed by atoms with Crippen molar-refractivity contribution >= 4 is 23.3 Å². The molecule has 0 aliphatic carbocycles. The minimum atomic E-state index is -0.730. The van der Waals surface area contributed by atoms with Crippen LogP contribution in [-0.2, 0) is 4.74 Å². The Kier molecular flexibility index (Phi) is 5.54. The van der Waals surface area contributed by atoms with Gasteiger partial charge in [-0.1, -0.05) is 23.7 Å². The van der Waals surface area contributed by atoms with E-state index in [9.17, 15) is 14.9 Å². The predicted molar refractivity (Wildman–Crippen MR) is 85.1 cm³/mol. The molecular weight excluding hydrogens is 322 g/mol. The Morgan fingerprint density at radius 2 is 2.00 bits per heavy atom. The molecule has 0 aromatic heterocycles. The van der Waals surface area contributed by atoms with E-state index >= 15 is 0 Å². The lowest BCUT2D eigenvalue weighted by atomic mass is 10.2. The Morgan fingerprint density at radius 3 is 2.70 bits per heavy atom. The smallest absolute Gasteiger partial charge is 0.340 e. The highest BCUT2D eigenvalue weighted by Crippen LogP contribution is 2.22. The Hall–Kier alpha value is -2.60. The van der Waals surface area contributed by atoms with Crippen LogP contribution >= 0.6 is 11.6 Å². The zero-order valence-electron chi connectivity index (χ0n) is 12.3. The number of carbonyl (C=O) groups is 1. The molecule has 0 atom stereocenters. The van der Waals surface area contributed by atoms with Gasteiger partial charge < -0.3 is 9.47 Å². The van der Waals surface area contributed by atoms with Crippen LogP contribution in [0, 0.1) is 17.0 Å². The largest absolute Gasteiger partial charge is 0.490 e. The van der Waals surface area contributed by atoms with E-state index in [1.807, 2.05) is 25.1 Å². The van der Waals surface area contributed by atoms with E-state index in [0.29, 0.717) is 5.75 Å². The van der Waals surface area contributed by atoms with Crippen molar-refractivity contribution in [1.82, 2.24) is 0 Å². The van der Waals surface area contributed by atoms with Gasteiger partial charge in [0.2, 0.25) is 0 Å². The molecule has 0 saturated carbocycles. The number of halogens is 1. The number of carbonyl (C=O) groups excluding carboxylic acids is 1. The Bertz CT molecular complexity index is 732. The molecule has 6 nitrogen and oxygen atoms in total. The third-order valence-electron chi connectivity index (χ3n) is 2.96. The van der Waals surface area contributed by atoms with Crippen molar-refractivity contribution in [2.75, 3.05) is 13.2 Å². The zero-order chi connectivity index (χ0) is 16.8. The van der Waals surface area contributed by atoms with Gasteiger partial charge in [0, 0.05) is 12.1 Å². The highest BCUT2D eigenvalue weighted by molar-refractivity contribution is 6.33. The van der Waals surface area contributed by atoms with Crippen molar-refractivity contribution in [3.05, 3.63) is 68.7 Å². The third-order valence-corrected chi connectivity index (χ3v) is 3.29. The summed E-state index contributed by atoms with van der Waals surface area (Å²) in [7, 11) is 0. The number of ether oxygens (including phenoxy) is 2. The molecule has 0 unspecified atom stereocenters. The summed E-state index contributed by atoms with van der Waals surface area (Å²) < 4.78 is 10.5. The van der Waals surface area contributed by atoms with Crippen molar-refractivity contribution in [3.63, 3.8) is 0 Å². The molecule has 0 spiro atoms. The van der Waals surface area contributed by atoms with Gasteiger partial charge in [-0.3, -0.25) is 10.1 Å². The summed E-state index contributed by atoms with van der Waals surface area (Å²) in [4.78, 5) is 22.0. The van der Waals surface area contributed by atoms with Gasteiger partial charge in [0.1, 0.15) is 19.0 Å². The Morgan fingerprint density at radius 1 is 1.22 bits per heavy atom. The first-order valence-electron chi connectivity index (χ1n) is 6.78. The van der Waals surface area contributed by atoms with Gasteiger partial charge in [-0.25, -0.2) is 4.79 Å². The van der Waals surface area contributed by atoms with Crippen molar-refractivity contribution in [2.24, 2.45) is 0 Å². The molecule has 0 N–H and O–H groups in total. The van der Waals surface area contributed by atoms with Crippen LogP contribution < -0.4 is 4.74 Å². The second-order valence-electron chi connectivity index (χ2n) is 4.72. The van der Waals surface area contributed by atoms with Crippen molar-refractivity contribution in [1.29, 1.82) is 0 Å². The zero-order valence-corrected chi connectivity index (χ0v) is 13.1. The molecule has 0 saturated heterocycles. The molecule has 2 aromatic carbocycles. The number of nitro groups is 1. The molecule has 0 amide bonds. The van der Waals surface area contributed by atoms with Crippen LogP contribution in [0.4, 0.5) is 5.69 Å². The number of aryl methyl sites for hydroxylation is 1. The summed E-state index contributed by atoms with van der Waals surface area (Å²) >= 11 is 5.87. The first-order chi connectivity index (χ1) is 11.0. The summed E-state index contributed by atoms with van der Waals surface area (Å²) in [6, 6.07) is 11.1. The molecule has 0 aliphatic heterocycles. The molecule has 23 heavy (non-hydrogen) atoms. The number of non-ortho nitro benzene ring substituents is 1. The maximum absolute atomic E-state index is 11.9. The van der Waals surface area contributed by atoms with Gasteiger partial charge in [0.25, 0.3) is 5.69 Å². The van der Waals surface area contributed by atoms with Crippen molar-refractivity contribution in [3.8, 4) is 5.75 Å². The van der Waals surface area contributed by atoms with E-state index in [1.165, 1.54) is 12.1 Å². The van der Waals surface area contributed by atoms with Gasteiger partial charge in [-0.2, -0.15) is 0 Å². The highest BCUT2D eigenvalue weighted by Gasteiger charge is 2.17. The molecule has 0 aliphatic rings. The first kappa shape index (κ1) is 16.8. The fourth-order valence-corrected chi connectivity index (χ4v) is 2.05. The average Bonchev–Trinajstić information content (AvgIpc) is 2.51. The monoisotopic (exact) mass is 335 g/mol. The Labute approximate surface area is 137 Å². The van der Waals surface area contributed by atoms with Gasteiger partial charge >= 0.3 is 5.97 Å². The van der Waals surface area contributed by atoms with Gasteiger partial charge in [-0.05, 0) is 30.7 Å². The van der Waals surface area contributed by atoms with Crippen LogP contribution in [0.1, 0.15) is 15.9 Å². The number of nitro benzene ring substituents is 1. The molecule has 0 heterocycles. The van der Waals surface area contributed by atoms with E-state index in [2.05, 4.69) is 0 Å². The summed E-state index contributed by atoms with van der Waals surface area (Å²) in [5.74, 6) is -0.0547. The summed E-state index contributed by atoms with van der Waals surface area (Å²) in [6.07, 6.45) is 0. The second kappa shape index (κ2) is 7.60. The van der Waals surface area contributed by atoms with Crippen LogP contribution in [0.5, 0.6) is 5.75 Å². The maximum Gasteiger partial charge on any atom is 0.340 e. The Balaban J connectivity index is 1.90. The quantitative estimate of drug-likeness (QED) is 0.347. The third kappa shape index (κ3) is 4.69. The average molecular weight is 336 g/mol. The topological polar surface area (TPSA) is 78.7 Å². The molecular formula is C16H14ClNO5. The van der Waals surface area contributed by atoms with Crippen molar-refractivity contribution in [2.45, 2.75) is 6.92 Å². The normalized spacial score (nSPS) is 10.2. The standard InChI is InChI=1S/C16H14ClNO5/c1-11-3-2-4-13(9-11)22-7-8-23-16(19)14-10-12(18(20)21)5-6-15(14)17/h2-6,9-10H,7-8H2,1H3. The van der Waals surface area contributed by atoms with Crippen molar-refractivity contribution < 1.29 is 19.2 Å². The fourth-order valence-electron chi connectivity index (χ4n) is 1.86. The molecule has 2 aromatic rings. The molecule has 0 fully saturated rings. The first-order valence-corrected chi connectivity index (χ1v) is 7.15. The number of esters is 1. The lowest BCUT2D eigenvalue weighted by molar-refractivity contribution is -0.384. The van der Waals surface area contributed by atoms with Crippen LogP contribution in [0.2, 0.25) is 5.02 Å². The van der Waals surface area contributed by atoms with Gasteiger partial charge in [0.05, 0.1) is 15.5 Å². The molecule has 2 rings (SSSR count). The van der Waals surface area contributed by atoms with Gasteiger partial charge in [-0.15, -0.1) is 0 Å². The molecule has 120 valence electrons. The number of benzene rings is 2. The SMILES string of the molecule is Cc1cccc(OCCOC(=O)c2cc([N+](=O)[O-])ccc2Cl)c1. The molecule has 0 bridgehead atoms. The number of hydrogen-bond acceptors (Lipinski definition) is 5. The second-order valence-corrected chi connectivity index (χ2v) is 5.13. The molecule has 7 heteroatoms. The lowest BCUT2D eigenvalue weighted by Gasteiger charge is -2.08. The van der Waals surface area contributed by atoms with E-state index < -0.39 is 10.9 Å². The van der Waals surface area contributed by atoms with E-state index in [0.717, 1.165) is 11.6 Å². The van der Waals surface area contributed by atoms with E-state index in [4.69, 9.17) is 21.1 Å². The minimum absolute atomic E-state index is 0.00575. The van der Waals surface area contributed by atoms with Crippen LogP contribution in [-0.4, -0.2) is 24.1 Å². The number of hydrogen-bond donors (Lipinski definition) is 0. The summed E-state index contributed by atoms with van der Waals surface area (Å²) in [5, 5.41) is 10.8. The molecule has 0 radical (unpaired) electrons. The fraction of sp³-hybridized carbons (Fsp3) is 0.188. The summed E-state index contributed by atoms with van der Waals surface area (Å²) in [6.45, 7) is 2.12. The van der Waals surface area contributed by atoms with E-state index in [-0.39, 0.29) is 29.5 Å². The minimum Gasteiger partial charge on any atom is -0.490 e.